The van der Waals surface area contributed by atoms with E-state index < -0.39 is 0 Å². The fraction of sp³-hybridized carbons (Fsp3) is 0. The van der Waals surface area contributed by atoms with Crippen molar-refractivity contribution < 1.29 is 8.83 Å². The van der Waals surface area contributed by atoms with Crippen molar-refractivity contribution in [3.63, 3.8) is 0 Å². The van der Waals surface area contributed by atoms with Gasteiger partial charge in [0.2, 0.25) is 0 Å². The SMILES string of the molecule is c1ccc(-n2c3ccccc3c3cc(-c4nc(-c5cccc6c5oc5ccccc56)c5oc6ccccc6c5n4)ccc32)cc1. The van der Waals surface area contributed by atoms with Crippen LogP contribution < -0.4 is 0 Å². The van der Waals surface area contributed by atoms with Crippen molar-refractivity contribution in [3.05, 3.63) is 140 Å². The normalized spacial score (nSPS) is 12.0. The van der Waals surface area contributed by atoms with E-state index in [0.717, 1.165) is 71.7 Å². The van der Waals surface area contributed by atoms with E-state index in [-0.39, 0.29) is 0 Å². The number of furan rings is 2. The minimum atomic E-state index is 0.635. The predicted octanol–water partition coefficient (Wildman–Crippen LogP) is 10.7. The van der Waals surface area contributed by atoms with Crippen LogP contribution in [0.15, 0.2) is 148 Å². The van der Waals surface area contributed by atoms with Crippen molar-refractivity contribution in [3.8, 4) is 28.3 Å². The van der Waals surface area contributed by atoms with Crippen molar-refractivity contribution in [1.82, 2.24) is 14.5 Å². The highest BCUT2D eigenvalue weighted by molar-refractivity contribution is 6.14. The van der Waals surface area contributed by atoms with E-state index in [4.69, 9.17) is 18.8 Å². The third-order valence-corrected chi connectivity index (χ3v) is 8.82. The first-order chi connectivity index (χ1) is 22.3. The zero-order valence-corrected chi connectivity index (χ0v) is 23.9. The second-order valence-corrected chi connectivity index (χ2v) is 11.4. The van der Waals surface area contributed by atoms with Gasteiger partial charge in [0.25, 0.3) is 0 Å². The van der Waals surface area contributed by atoms with Crippen LogP contribution in [0.4, 0.5) is 0 Å². The molecule has 0 aliphatic heterocycles. The summed E-state index contributed by atoms with van der Waals surface area (Å²) in [6.45, 7) is 0. The molecule has 0 aliphatic rings. The lowest BCUT2D eigenvalue weighted by molar-refractivity contribution is 0.663. The Morgan fingerprint density at radius 2 is 1.13 bits per heavy atom. The zero-order chi connectivity index (χ0) is 29.5. The Hall–Kier alpha value is -6.20. The van der Waals surface area contributed by atoms with Crippen LogP contribution in [-0.4, -0.2) is 14.5 Å². The molecule has 10 aromatic rings. The van der Waals surface area contributed by atoms with Crippen LogP contribution >= 0.6 is 0 Å². The third kappa shape index (κ3) is 3.49. The molecule has 0 radical (unpaired) electrons. The maximum atomic E-state index is 6.46. The van der Waals surface area contributed by atoms with E-state index in [1.54, 1.807) is 0 Å². The Balaban J connectivity index is 1.27. The van der Waals surface area contributed by atoms with Crippen LogP contribution in [0.1, 0.15) is 0 Å². The van der Waals surface area contributed by atoms with Crippen molar-refractivity contribution in [2.45, 2.75) is 0 Å². The molecule has 0 spiro atoms. The lowest BCUT2D eigenvalue weighted by atomic mass is 10.0. The van der Waals surface area contributed by atoms with Gasteiger partial charge < -0.3 is 13.4 Å². The number of rotatable bonds is 3. The van der Waals surface area contributed by atoms with Gasteiger partial charge in [-0.15, -0.1) is 0 Å². The molecule has 0 saturated heterocycles. The number of hydrogen-bond acceptors (Lipinski definition) is 4. The number of aromatic nitrogens is 3. The highest BCUT2D eigenvalue weighted by atomic mass is 16.3. The number of para-hydroxylation sites is 5. The molecule has 0 aliphatic carbocycles. The Bertz CT molecular complexity index is 2770. The summed E-state index contributed by atoms with van der Waals surface area (Å²) >= 11 is 0. The fourth-order valence-corrected chi connectivity index (χ4v) is 6.80. The lowest BCUT2D eigenvalue weighted by Crippen LogP contribution is -1.95. The van der Waals surface area contributed by atoms with Gasteiger partial charge in [0.05, 0.1) is 11.0 Å². The van der Waals surface area contributed by atoms with Crippen LogP contribution in [0.5, 0.6) is 0 Å². The Kier molecular flexibility index (Phi) is 4.93. The molecule has 0 fully saturated rings. The summed E-state index contributed by atoms with van der Waals surface area (Å²) < 4.78 is 15.2. The molecular formula is C40H23N3O2. The van der Waals surface area contributed by atoms with Gasteiger partial charge in [-0.25, -0.2) is 9.97 Å². The summed E-state index contributed by atoms with van der Waals surface area (Å²) in [6, 6.07) is 47.9. The first-order valence-corrected chi connectivity index (χ1v) is 15.0. The molecule has 0 atom stereocenters. The molecule has 5 heteroatoms. The minimum Gasteiger partial charge on any atom is -0.455 e. The van der Waals surface area contributed by atoms with Gasteiger partial charge in [-0.3, -0.25) is 0 Å². The van der Waals surface area contributed by atoms with Gasteiger partial charge in [-0.1, -0.05) is 78.9 Å². The van der Waals surface area contributed by atoms with Crippen LogP contribution in [0.3, 0.4) is 0 Å². The van der Waals surface area contributed by atoms with Crippen LogP contribution in [0, 0.1) is 0 Å². The molecule has 45 heavy (non-hydrogen) atoms. The number of nitrogens with zero attached hydrogens (tertiary/aromatic N) is 3. The first kappa shape index (κ1) is 24.3. The quantitative estimate of drug-likeness (QED) is 0.210. The first-order valence-electron chi connectivity index (χ1n) is 15.0. The average Bonchev–Trinajstić information content (AvgIpc) is 3.77. The maximum absolute atomic E-state index is 6.46. The molecule has 4 aromatic heterocycles. The van der Waals surface area contributed by atoms with Crippen molar-refractivity contribution in [2.75, 3.05) is 0 Å². The molecule has 6 aromatic carbocycles. The van der Waals surface area contributed by atoms with Gasteiger partial charge in [-0.05, 0) is 60.7 Å². The molecule has 0 N–H and O–H groups in total. The molecule has 5 nitrogen and oxygen atoms in total. The van der Waals surface area contributed by atoms with Gasteiger partial charge in [0.1, 0.15) is 28.0 Å². The van der Waals surface area contributed by atoms with E-state index in [1.807, 2.05) is 42.5 Å². The van der Waals surface area contributed by atoms with Gasteiger partial charge >= 0.3 is 0 Å². The van der Waals surface area contributed by atoms with E-state index in [2.05, 4.69) is 102 Å². The summed E-state index contributed by atoms with van der Waals surface area (Å²) in [7, 11) is 0. The third-order valence-electron chi connectivity index (χ3n) is 8.82. The standard InChI is InChI=1S/C40H23N3O2/c1-2-11-25(12-3-1)43-32-18-7-4-13-26(32)31-23-24(21-22-33(31)43)40-41-36-29-15-6-9-20-35(29)45-39(36)37(42-40)30-17-10-16-28-27-14-5-8-19-34(27)44-38(28)30/h1-23H. The zero-order valence-electron chi connectivity index (χ0n) is 23.9. The highest BCUT2D eigenvalue weighted by Crippen LogP contribution is 2.41. The van der Waals surface area contributed by atoms with Crippen LogP contribution in [-0.2, 0) is 0 Å². The fourth-order valence-electron chi connectivity index (χ4n) is 6.80. The van der Waals surface area contributed by atoms with Crippen LogP contribution in [0.2, 0.25) is 0 Å². The van der Waals surface area contributed by atoms with Crippen molar-refractivity contribution in [2.24, 2.45) is 0 Å². The second-order valence-electron chi connectivity index (χ2n) is 11.4. The van der Waals surface area contributed by atoms with E-state index >= 15 is 0 Å². The van der Waals surface area contributed by atoms with E-state index in [9.17, 15) is 0 Å². The highest BCUT2D eigenvalue weighted by Gasteiger charge is 2.22. The molecule has 0 saturated carbocycles. The monoisotopic (exact) mass is 577 g/mol. The van der Waals surface area contributed by atoms with Gasteiger partial charge in [0, 0.05) is 43.7 Å². The Labute approximate surface area is 256 Å². The molecule has 0 amide bonds. The van der Waals surface area contributed by atoms with Crippen molar-refractivity contribution in [1.29, 1.82) is 0 Å². The largest absolute Gasteiger partial charge is 0.455 e. The summed E-state index contributed by atoms with van der Waals surface area (Å²) in [4.78, 5) is 10.4. The number of fused-ring (bicyclic) bond motifs is 9. The smallest absolute Gasteiger partial charge is 0.180 e. The van der Waals surface area contributed by atoms with Gasteiger partial charge in [-0.2, -0.15) is 0 Å². The Morgan fingerprint density at radius 1 is 0.467 bits per heavy atom. The van der Waals surface area contributed by atoms with Gasteiger partial charge in [0.15, 0.2) is 11.4 Å². The van der Waals surface area contributed by atoms with E-state index in [0.29, 0.717) is 17.1 Å². The predicted molar refractivity (Wildman–Crippen MR) is 182 cm³/mol. The molecular weight excluding hydrogens is 554 g/mol. The average molecular weight is 578 g/mol. The van der Waals surface area contributed by atoms with Crippen LogP contribution in [0.25, 0.3) is 94.1 Å². The summed E-state index contributed by atoms with van der Waals surface area (Å²) in [5.41, 5.74) is 9.77. The maximum Gasteiger partial charge on any atom is 0.180 e. The topological polar surface area (TPSA) is 57.0 Å². The molecule has 4 heterocycles. The minimum absolute atomic E-state index is 0.635. The molecule has 10 rings (SSSR count). The lowest BCUT2D eigenvalue weighted by Gasteiger charge is -2.09. The molecule has 0 bridgehead atoms. The Morgan fingerprint density at radius 3 is 2.00 bits per heavy atom. The number of hydrogen-bond donors (Lipinski definition) is 0. The summed E-state index contributed by atoms with van der Waals surface area (Å²) in [6.07, 6.45) is 0. The number of benzene rings is 6. The molecule has 210 valence electrons. The van der Waals surface area contributed by atoms with E-state index in [1.165, 1.54) is 5.39 Å². The van der Waals surface area contributed by atoms with Crippen molar-refractivity contribution >= 4 is 65.8 Å². The molecule has 0 unspecified atom stereocenters. The second kappa shape index (κ2) is 9.15. The summed E-state index contributed by atoms with van der Waals surface area (Å²) in [5.74, 6) is 0.635. The summed E-state index contributed by atoms with van der Waals surface area (Å²) in [5, 5.41) is 5.40.